The van der Waals surface area contributed by atoms with Gasteiger partial charge in [-0.05, 0) is 80.2 Å². The van der Waals surface area contributed by atoms with Crippen molar-refractivity contribution in [2.75, 3.05) is 0 Å². The molecule has 2 heterocycles. The molecule has 0 aliphatic carbocycles. The summed E-state index contributed by atoms with van der Waals surface area (Å²) < 4.78 is 0. The molecule has 0 aromatic heterocycles. The molecule has 0 saturated carbocycles. The minimum absolute atomic E-state index is 0.322. The third-order valence-corrected chi connectivity index (χ3v) is 8.74. The summed E-state index contributed by atoms with van der Waals surface area (Å²) in [7, 11) is 0. The Morgan fingerprint density at radius 1 is 0.432 bits per heavy atom. The van der Waals surface area contributed by atoms with Crippen LogP contribution < -0.4 is 21.3 Å². The van der Waals surface area contributed by atoms with Crippen LogP contribution >= 0.6 is 0 Å². The highest BCUT2D eigenvalue weighted by atomic mass is 16.2. The number of fused-ring (bicyclic) bond motifs is 6. The zero-order valence-electron chi connectivity index (χ0n) is 24.0. The molecule has 44 heavy (non-hydrogen) atoms. The van der Waals surface area contributed by atoms with Crippen molar-refractivity contribution >= 4 is 67.0 Å². The van der Waals surface area contributed by atoms with Gasteiger partial charge >= 0.3 is 12.1 Å². The van der Waals surface area contributed by atoms with Crippen LogP contribution in [0.25, 0.3) is 43.1 Å². The third kappa shape index (κ3) is 4.31. The molecule has 6 amide bonds. The SMILES string of the molecule is CC1(c2ccc3ccc4ccccc4c3c2)NC(=O)NC1=O.CC1(c2ccc3ccc4ccccc4c3c2)NC(=O)NC1=O. The number of benzene rings is 6. The number of urea groups is 2. The van der Waals surface area contributed by atoms with Crippen molar-refractivity contribution in [2.24, 2.45) is 0 Å². The maximum atomic E-state index is 12.1. The van der Waals surface area contributed by atoms with Crippen LogP contribution in [0.1, 0.15) is 25.0 Å². The van der Waals surface area contributed by atoms with Crippen LogP contribution in [0, 0.1) is 0 Å². The molecule has 216 valence electrons. The van der Waals surface area contributed by atoms with Gasteiger partial charge in [0.2, 0.25) is 0 Å². The van der Waals surface area contributed by atoms with Crippen LogP contribution in [0.3, 0.4) is 0 Å². The highest BCUT2D eigenvalue weighted by Crippen LogP contribution is 2.33. The Kier molecular flexibility index (Phi) is 6.10. The van der Waals surface area contributed by atoms with Crippen LogP contribution in [-0.2, 0) is 20.7 Å². The quantitative estimate of drug-likeness (QED) is 0.146. The lowest BCUT2D eigenvalue weighted by atomic mass is 9.89. The van der Waals surface area contributed by atoms with Gasteiger partial charge in [-0.3, -0.25) is 20.2 Å². The second-order valence-corrected chi connectivity index (χ2v) is 11.5. The summed E-state index contributed by atoms with van der Waals surface area (Å²) in [6, 6.07) is 35.4. The van der Waals surface area contributed by atoms with Crippen LogP contribution in [-0.4, -0.2) is 23.9 Å². The average molecular weight is 581 g/mol. The van der Waals surface area contributed by atoms with E-state index in [0.29, 0.717) is 0 Å². The van der Waals surface area contributed by atoms with E-state index < -0.39 is 23.1 Å². The van der Waals surface area contributed by atoms with Crippen molar-refractivity contribution in [1.82, 2.24) is 21.3 Å². The summed E-state index contributed by atoms with van der Waals surface area (Å²) in [5.74, 6) is -0.644. The predicted molar refractivity (Wildman–Crippen MR) is 171 cm³/mol. The number of hydrogen-bond acceptors (Lipinski definition) is 4. The molecule has 2 fully saturated rings. The first-order chi connectivity index (χ1) is 21.2. The molecule has 4 N–H and O–H groups in total. The molecule has 2 atom stereocenters. The van der Waals surface area contributed by atoms with E-state index >= 15 is 0 Å². The second-order valence-electron chi connectivity index (χ2n) is 11.5. The fraction of sp³-hybridized carbons (Fsp3) is 0.111. The topological polar surface area (TPSA) is 116 Å². The smallest absolute Gasteiger partial charge is 0.320 e. The van der Waals surface area contributed by atoms with E-state index in [4.69, 9.17) is 0 Å². The van der Waals surface area contributed by atoms with Crippen molar-refractivity contribution < 1.29 is 19.2 Å². The first-order valence-electron chi connectivity index (χ1n) is 14.3. The Morgan fingerprint density at radius 3 is 1.14 bits per heavy atom. The predicted octanol–water partition coefficient (Wildman–Crippen LogP) is 6.10. The molecule has 8 heteroatoms. The normalized spacial score (nSPS) is 21.1. The highest BCUT2D eigenvalue weighted by molar-refractivity contribution is 6.11. The molecule has 6 aromatic carbocycles. The molecule has 0 bridgehead atoms. The lowest BCUT2D eigenvalue weighted by Crippen LogP contribution is -2.40. The van der Waals surface area contributed by atoms with Gasteiger partial charge in [-0.1, -0.05) is 97.1 Å². The number of rotatable bonds is 2. The van der Waals surface area contributed by atoms with Gasteiger partial charge in [0.05, 0.1) is 0 Å². The Bertz CT molecular complexity index is 2050. The van der Waals surface area contributed by atoms with E-state index in [9.17, 15) is 19.2 Å². The Hall–Kier alpha value is -5.76. The first-order valence-corrected chi connectivity index (χ1v) is 14.3. The van der Waals surface area contributed by atoms with Gasteiger partial charge in [-0.25, -0.2) is 9.59 Å². The van der Waals surface area contributed by atoms with E-state index in [1.165, 1.54) is 0 Å². The van der Waals surface area contributed by atoms with E-state index in [0.717, 1.165) is 54.2 Å². The fourth-order valence-corrected chi connectivity index (χ4v) is 6.12. The summed E-state index contributed by atoms with van der Waals surface area (Å²) in [5, 5.41) is 19.0. The van der Waals surface area contributed by atoms with E-state index in [2.05, 4.69) is 69.8 Å². The third-order valence-electron chi connectivity index (χ3n) is 8.74. The van der Waals surface area contributed by atoms with Gasteiger partial charge in [0.1, 0.15) is 11.1 Å². The minimum Gasteiger partial charge on any atom is -0.320 e. The van der Waals surface area contributed by atoms with Gasteiger partial charge in [0.15, 0.2) is 0 Å². The van der Waals surface area contributed by atoms with Crippen LogP contribution in [0.15, 0.2) is 109 Å². The molecule has 0 spiro atoms. The average Bonchev–Trinajstić information content (AvgIpc) is 3.47. The fourth-order valence-electron chi connectivity index (χ4n) is 6.12. The molecule has 2 aliphatic heterocycles. The molecule has 8 rings (SSSR count). The number of amides is 6. The van der Waals surface area contributed by atoms with Crippen molar-refractivity contribution in [3.8, 4) is 0 Å². The molecule has 0 radical (unpaired) electrons. The molecule has 8 nitrogen and oxygen atoms in total. The zero-order valence-corrected chi connectivity index (χ0v) is 24.0. The van der Waals surface area contributed by atoms with Crippen molar-refractivity contribution in [1.29, 1.82) is 0 Å². The standard InChI is InChI=1S/2C18H14N2O2/c2*1-18(16(21)19-17(22)20-18)13-9-8-12-7-6-11-4-2-3-5-14(11)15(12)10-13/h2*2-10H,1H3,(H2,19,20,21,22). The van der Waals surface area contributed by atoms with E-state index in [1.54, 1.807) is 13.8 Å². The van der Waals surface area contributed by atoms with Gasteiger partial charge in [0, 0.05) is 0 Å². The lowest BCUT2D eigenvalue weighted by molar-refractivity contribution is -0.124. The molecular weight excluding hydrogens is 552 g/mol. The Labute approximate surface area is 252 Å². The second kappa shape index (κ2) is 9.91. The minimum atomic E-state index is -1.03. The Balaban J connectivity index is 0.000000142. The summed E-state index contributed by atoms with van der Waals surface area (Å²) in [6.07, 6.45) is 0. The molecule has 2 aliphatic rings. The first kappa shape index (κ1) is 27.1. The monoisotopic (exact) mass is 580 g/mol. The molecule has 2 unspecified atom stereocenters. The van der Waals surface area contributed by atoms with Gasteiger partial charge in [-0.2, -0.15) is 0 Å². The van der Waals surface area contributed by atoms with E-state index in [-0.39, 0.29) is 11.8 Å². The highest BCUT2D eigenvalue weighted by Gasteiger charge is 2.44. The van der Waals surface area contributed by atoms with Gasteiger partial charge in [0.25, 0.3) is 11.8 Å². The molecular formula is C36H28N4O4. The Morgan fingerprint density at radius 2 is 0.773 bits per heavy atom. The molecule has 2 saturated heterocycles. The molecule has 6 aromatic rings. The number of imide groups is 2. The summed E-state index contributed by atoms with van der Waals surface area (Å²) in [4.78, 5) is 47.2. The largest absolute Gasteiger partial charge is 0.322 e. The number of carbonyl (C=O) groups excluding carboxylic acids is 4. The van der Waals surface area contributed by atoms with Crippen molar-refractivity contribution in [2.45, 2.75) is 24.9 Å². The summed E-state index contributed by atoms with van der Waals surface area (Å²) in [5.41, 5.74) is -0.496. The van der Waals surface area contributed by atoms with Crippen LogP contribution in [0.4, 0.5) is 9.59 Å². The van der Waals surface area contributed by atoms with Crippen molar-refractivity contribution in [3.05, 3.63) is 120 Å². The summed E-state index contributed by atoms with van der Waals surface area (Å²) >= 11 is 0. The van der Waals surface area contributed by atoms with Crippen LogP contribution in [0.2, 0.25) is 0 Å². The maximum absolute atomic E-state index is 12.1. The zero-order chi connectivity index (χ0) is 30.6. The van der Waals surface area contributed by atoms with Gasteiger partial charge in [-0.15, -0.1) is 0 Å². The van der Waals surface area contributed by atoms with E-state index in [1.807, 2.05) is 60.7 Å². The maximum Gasteiger partial charge on any atom is 0.322 e. The van der Waals surface area contributed by atoms with Crippen molar-refractivity contribution in [3.63, 3.8) is 0 Å². The lowest BCUT2D eigenvalue weighted by Gasteiger charge is -2.21. The summed E-state index contributed by atoms with van der Waals surface area (Å²) in [6.45, 7) is 3.44. The number of hydrogen-bond donors (Lipinski definition) is 4. The number of nitrogens with one attached hydrogen (secondary N) is 4. The van der Waals surface area contributed by atoms with Crippen LogP contribution in [0.5, 0.6) is 0 Å². The van der Waals surface area contributed by atoms with Gasteiger partial charge < -0.3 is 10.6 Å². The number of carbonyl (C=O) groups is 4.